The Hall–Kier alpha value is -1.46. The molecule has 1 amide bonds. The average molecular weight is 303 g/mol. The first-order valence-electron chi connectivity index (χ1n) is 7.60. The maximum Gasteiger partial charge on any atom is 0.228 e. The molecule has 0 aliphatic heterocycles. The minimum Gasteiger partial charge on any atom is -0.327 e. The number of nitrogens with two attached hydrogens (primary N) is 1. The topological polar surface area (TPSA) is 59.2 Å². The van der Waals surface area contributed by atoms with Crippen LogP contribution in [0.2, 0.25) is 0 Å². The lowest BCUT2D eigenvalue weighted by molar-refractivity contribution is -0.118. The molecule has 21 heavy (non-hydrogen) atoms. The van der Waals surface area contributed by atoms with E-state index < -0.39 is 0 Å². The molecule has 5 heteroatoms. The fraction of sp³-hybridized carbons (Fsp3) is 0.500. The highest BCUT2D eigenvalue weighted by molar-refractivity contribution is 7.22. The summed E-state index contributed by atoms with van der Waals surface area (Å²) in [6, 6.07) is 4.60. The molecule has 1 unspecified atom stereocenters. The van der Waals surface area contributed by atoms with Crippen LogP contribution in [-0.4, -0.2) is 23.5 Å². The number of aromatic nitrogens is 1. The molecule has 0 fully saturated rings. The number of fused-ring (bicyclic) bond motifs is 2. The van der Waals surface area contributed by atoms with Gasteiger partial charge in [-0.2, -0.15) is 0 Å². The summed E-state index contributed by atoms with van der Waals surface area (Å²) in [6.45, 7) is 4.71. The van der Waals surface area contributed by atoms with Crippen molar-refractivity contribution in [3.8, 4) is 0 Å². The Morgan fingerprint density at radius 1 is 1.38 bits per heavy atom. The SMILES string of the molecule is CCCN(C(=O)CC)c1nc2cc3c(cc2s1)CC(N)C3. The van der Waals surface area contributed by atoms with Gasteiger partial charge in [0.25, 0.3) is 0 Å². The number of hydrogen-bond donors (Lipinski definition) is 1. The molecule has 2 aromatic rings. The zero-order chi connectivity index (χ0) is 15.0. The molecule has 2 N–H and O–H groups in total. The summed E-state index contributed by atoms with van der Waals surface area (Å²) in [5.41, 5.74) is 9.67. The smallest absolute Gasteiger partial charge is 0.228 e. The van der Waals surface area contributed by atoms with Crippen molar-refractivity contribution >= 4 is 32.6 Å². The standard InChI is InChI=1S/C16H21N3OS/c1-3-5-19(15(20)4-2)16-18-13-8-10-6-12(17)7-11(10)9-14(13)21-16/h8-9,12H,3-7,17H2,1-2H3. The van der Waals surface area contributed by atoms with Gasteiger partial charge in [0.15, 0.2) is 5.13 Å². The Labute approximate surface area is 129 Å². The zero-order valence-electron chi connectivity index (χ0n) is 12.6. The number of anilines is 1. The van der Waals surface area contributed by atoms with E-state index >= 15 is 0 Å². The van der Waals surface area contributed by atoms with Gasteiger partial charge in [0.2, 0.25) is 5.91 Å². The van der Waals surface area contributed by atoms with E-state index in [0.717, 1.165) is 41.2 Å². The van der Waals surface area contributed by atoms with Gasteiger partial charge >= 0.3 is 0 Å². The predicted octanol–water partition coefficient (Wildman–Crippen LogP) is 2.88. The molecular weight excluding hydrogens is 282 g/mol. The molecule has 1 atom stereocenters. The lowest BCUT2D eigenvalue weighted by atomic mass is 10.1. The van der Waals surface area contributed by atoms with E-state index in [4.69, 9.17) is 5.73 Å². The molecule has 0 radical (unpaired) electrons. The summed E-state index contributed by atoms with van der Waals surface area (Å²) in [5, 5.41) is 0.826. The first-order chi connectivity index (χ1) is 10.1. The molecule has 1 aliphatic carbocycles. The van der Waals surface area contributed by atoms with Crippen molar-refractivity contribution in [2.24, 2.45) is 5.73 Å². The minimum atomic E-state index is 0.144. The summed E-state index contributed by atoms with van der Waals surface area (Å²) in [5.74, 6) is 0.144. The second-order valence-corrected chi connectivity index (χ2v) is 6.66. The van der Waals surface area contributed by atoms with Gasteiger partial charge in [-0.3, -0.25) is 9.69 Å². The third-order valence-electron chi connectivity index (χ3n) is 3.94. The maximum atomic E-state index is 12.1. The fourth-order valence-corrected chi connectivity index (χ4v) is 3.98. The summed E-state index contributed by atoms with van der Waals surface area (Å²) in [4.78, 5) is 18.6. The number of nitrogens with zero attached hydrogens (tertiary/aromatic N) is 2. The van der Waals surface area contributed by atoms with Crippen LogP contribution in [0.5, 0.6) is 0 Å². The second-order valence-electron chi connectivity index (χ2n) is 5.65. The van der Waals surface area contributed by atoms with E-state index in [1.165, 1.54) is 11.1 Å². The highest BCUT2D eigenvalue weighted by Crippen LogP contribution is 2.34. The van der Waals surface area contributed by atoms with Crippen LogP contribution in [0.4, 0.5) is 5.13 Å². The molecule has 4 nitrogen and oxygen atoms in total. The van der Waals surface area contributed by atoms with Crippen LogP contribution >= 0.6 is 11.3 Å². The lowest BCUT2D eigenvalue weighted by Gasteiger charge is -2.17. The van der Waals surface area contributed by atoms with Crippen LogP contribution in [0, 0.1) is 0 Å². The van der Waals surface area contributed by atoms with Crippen LogP contribution in [0.3, 0.4) is 0 Å². The maximum absolute atomic E-state index is 12.1. The van der Waals surface area contributed by atoms with Gasteiger partial charge in [-0.1, -0.05) is 25.2 Å². The number of hydrogen-bond acceptors (Lipinski definition) is 4. The van der Waals surface area contributed by atoms with Crippen molar-refractivity contribution in [3.05, 3.63) is 23.3 Å². The Balaban J connectivity index is 1.99. The van der Waals surface area contributed by atoms with Gasteiger partial charge in [-0.05, 0) is 42.5 Å². The molecule has 1 aliphatic rings. The van der Waals surface area contributed by atoms with Crippen molar-refractivity contribution in [1.82, 2.24) is 4.98 Å². The van der Waals surface area contributed by atoms with Crippen LogP contribution in [-0.2, 0) is 17.6 Å². The quantitative estimate of drug-likeness (QED) is 0.945. The highest BCUT2D eigenvalue weighted by Gasteiger charge is 2.22. The second kappa shape index (κ2) is 5.73. The molecule has 1 heterocycles. The van der Waals surface area contributed by atoms with E-state index in [0.29, 0.717) is 6.42 Å². The Morgan fingerprint density at radius 3 is 2.76 bits per heavy atom. The lowest BCUT2D eigenvalue weighted by Crippen LogP contribution is -2.30. The van der Waals surface area contributed by atoms with Gasteiger partial charge in [0.1, 0.15) is 0 Å². The van der Waals surface area contributed by atoms with Crippen LogP contribution in [0.15, 0.2) is 12.1 Å². The van der Waals surface area contributed by atoms with E-state index in [1.807, 2.05) is 11.8 Å². The van der Waals surface area contributed by atoms with Gasteiger partial charge in [-0.25, -0.2) is 4.98 Å². The average Bonchev–Trinajstić information content (AvgIpc) is 3.02. The molecule has 1 aromatic carbocycles. The van der Waals surface area contributed by atoms with Crippen molar-refractivity contribution < 1.29 is 4.79 Å². The first kappa shape index (κ1) is 14.5. The van der Waals surface area contributed by atoms with Gasteiger partial charge in [0.05, 0.1) is 10.2 Å². The minimum absolute atomic E-state index is 0.144. The third kappa shape index (κ3) is 2.68. The fourth-order valence-electron chi connectivity index (χ4n) is 2.92. The summed E-state index contributed by atoms with van der Waals surface area (Å²) in [6.07, 6.45) is 3.34. The van der Waals surface area contributed by atoms with Crippen molar-refractivity contribution in [3.63, 3.8) is 0 Å². The summed E-state index contributed by atoms with van der Waals surface area (Å²) in [7, 11) is 0. The highest BCUT2D eigenvalue weighted by atomic mass is 32.1. The molecule has 0 spiro atoms. The van der Waals surface area contributed by atoms with Gasteiger partial charge in [-0.15, -0.1) is 0 Å². The zero-order valence-corrected chi connectivity index (χ0v) is 13.4. The van der Waals surface area contributed by atoms with Crippen LogP contribution in [0.1, 0.15) is 37.8 Å². The molecule has 0 saturated carbocycles. The molecule has 3 rings (SSSR count). The Morgan fingerprint density at radius 2 is 2.10 bits per heavy atom. The Kier molecular flexibility index (Phi) is 3.95. The Bertz CT molecular complexity index is 636. The predicted molar refractivity (Wildman–Crippen MR) is 87.9 cm³/mol. The number of amides is 1. The van der Waals surface area contributed by atoms with Gasteiger partial charge < -0.3 is 5.73 Å². The number of rotatable bonds is 4. The number of benzene rings is 1. The number of thiazole rings is 1. The van der Waals surface area contributed by atoms with Crippen molar-refractivity contribution in [2.45, 2.75) is 45.6 Å². The first-order valence-corrected chi connectivity index (χ1v) is 8.42. The molecule has 112 valence electrons. The third-order valence-corrected chi connectivity index (χ3v) is 4.99. The van der Waals surface area contributed by atoms with E-state index in [9.17, 15) is 4.79 Å². The van der Waals surface area contributed by atoms with E-state index in [-0.39, 0.29) is 11.9 Å². The largest absolute Gasteiger partial charge is 0.327 e. The van der Waals surface area contributed by atoms with Crippen molar-refractivity contribution in [1.29, 1.82) is 0 Å². The van der Waals surface area contributed by atoms with Crippen molar-refractivity contribution in [2.75, 3.05) is 11.4 Å². The normalized spacial score (nSPS) is 17.2. The van der Waals surface area contributed by atoms with Crippen LogP contribution < -0.4 is 10.6 Å². The van der Waals surface area contributed by atoms with E-state index in [1.54, 1.807) is 11.3 Å². The summed E-state index contributed by atoms with van der Waals surface area (Å²) >= 11 is 1.61. The number of carbonyl (C=O) groups is 1. The molecule has 0 bridgehead atoms. The summed E-state index contributed by atoms with van der Waals surface area (Å²) < 4.78 is 1.16. The number of carbonyl (C=O) groups excluding carboxylic acids is 1. The molecular formula is C16H21N3OS. The molecule has 0 saturated heterocycles. The van der Waals surface area contributed by atoms with Gasteiger partial charge in [0, 0.05) is 19.0 Å². The van der Waals surface area contributed by atoms with Crippen LogP contribution in [0.25, 0.3) is 10.2 Å². The molecule has 1 aromatic heterocycles. The monoisotopic (exact) mass is 303 g/mol. The van der Waals surface area contributed by atoms with E-state index in [2.05, 4.69) is 24.0 Å².